The van der Waals surface area contributed by atoms with Crippen LogP contribution >= 0.6 is 0 Å². The number of carbonyl (C=O) groups is 1. The van der Waals surface area contributed by atoms with Crippen molar-refractivity contribution in [2.75, 3.05) is 12.3 Å². The lowest BCUT2D eigenvalue weighted by atomic mass is 10.1. The summed E-state index contributed by atoms with van der Waals surface area (Å²) in [5, 5.41) is 5.06. The Bertz CT molecular complexity index is 721. The normalized spacial score (nSPS) is 12.3. The van der Waals surface area contributed by atoms with Crippen molar-refractivity contribution in [2.45, 2.75) is 40.2 Å². The van der Waals surface area contributed by atoms with Gasteiger partial charge in [-0.3, -0.25) is 0 Å². The standard InChI is InChI=1S/C17H24N4O2/c1-5-9-23-17(22)14-12(4)20-16-13(15(14)18)10-19-21(16)8-7-11(3)6-2/h5,10-11H,1,6-9H2,2-4H3,(H2,18,20). The van der Waals surface area contributed by atoms with E-state index < -0.39 is 5.97 Å². The number of nitrogens with two attached hydrogens (primary N) is 1. The number of aryl methyl sites for hydroxylation is 2. The molecule has 0 aliphatic rings. The van der Waals surface area contributed by atoms with E-state index in [0.717, 1.165) is 19.4 Å². The second-order valence-corrected chi connectivity index (χ2v) is 5.78. The molecule has 2 rings (SSSR count). The van der Waals surface area contributed by atoms with Gasteiger partial charge in [-0.05, 0) is 19.3 Å². The van der Waals surface area contributed by atoms with Crippen LogP contribution in [0.2, 0.25) is 0 Å². The molecule has 23 heavy (non-hydrogen) atoms. The quantitative estimate of drug-likeness (QED) is 0.627. The highest BCUT2D eigenvalue weighted by molar-refractivity contribution is 6.04. The zero-order valence-electron chi connectivity index (χ0n) is 14.0. The molecular weight excluding hydrogens is 292 g/mol. The van der Waals surface area contributed by atoms with E-state index in [-0.39, 0.29) is 6.61 Å². The second-order valence-electron chi connectivity index (χ2n) is 5.78. The minimum Gasteiger partial charge on any atom is -0.458 e. The topological polar surface area (TPSA) is 83.0 Å². The van der Waals surface area contributed by atoms with E-state index in [1.807, 2.05) is 4.68 Å². The number of carbonyl (C=O) groups excluding carboxylic acids is 1. The van der Waals surface area contributed by atoms with Crippen LogP contribution in [0.3, 0.4) is 0 Å². The number of fused-ring (bicyclic) bond motifs is 1. The van der Waals surface area contributed by atoms with Gasteiger partial charge in [0.15, 0.2) is 5.65 Å². The van der Waals surface area contributed by atoms with E-state index in [1.165, 1.54) is 6.08 Å². The highest BCUT2D eigenvalue weighted by atomic mass is 16.5. The summed E-state index contributed by atoms with van der Waals surface area (Å²) in [6.45, 7) is 10.6. The van der Waals surface area contributed by atoms with E-state index in [9.17, 15) is 4.79 Å². The van der Waals surface area contributed by atoms with Gasteiger partial charge in [0, 0.05) is 6.54 Å². The molecule has 0 saturated heterocycles. The molecule has 0 fully saturated rings. The zero-order valence-corrected chi connectivity index (χ0v) is 14.0. The van der Waals surface area contributed by atoms with Crippen LogP contribution in [-0.4, -0.2) is 27.3 Å². The maximum Gasteiger partial charge on any atom is 0.342 e. The number of nitrogen functional groups attached to an aromatic ring is 1. The summed E-state index contributed by atoms with van der Waals surface area (Å²) in [5.41, 5.74) is 8.11. The van der Waals surface area contributed by atoms with Crippen LogP contribution in [0.15, 0.2) is 18.9 Å². The fourth-order valence-electron chi connectivity index (χ4n) is 2.41. The number of esters is 1. The van der Waals surface area contributed by atoms with Gasteiger partial charge in [-0.25, -0.2) is 14.5 Å². The molecule has 0 aliphatic heterocycles. The molecule has 0 radical (unpaired) electrons. The number of hydrogen-bond donors (Lipinski definition) is 1. The lowest BCUT2D eigenvalue weighted by Gasteiger charge is -2.11. The average Bonchev–Trinajstić information content (AvgIpc) is 2.93. The summed E-state index contributed by atoms with van der Waals surface area (Å²) in [7, 11) is 0. The van der Waals surface area contributed by atoms with Gasteiger partial charge in [0.25, 0.3) is 0 Å². The third-order valence-electron chi connectivity index (χ3n) is 4.07. The number of aromatic nitrogens is 3. The summed E-state index contributed by atoms with van der Waals surface area (Å²) in [6.07, 6.45) is 5.34. The van der Waals surface area contributed by atoms with E-state index >= 15 is 0 Å². The Balaban J connectivity index is 2.37. The molecule has 0 amide bonds. The van der Waals surface area contributed by atoms with E-state index in [1.54, 1.807) is 13.1 Å². The molecule has 1 unspecified atom stereocenters. The fraction of sp³-hybridized carbons (Fsp3) is 0.471. The third-order valence-corrected chi connectivity index (χ3v) is 4.07. The van der Waals surface area contributed by atoms with Crippen LogP contribution in [0, 0.1) is 12.8 Å². The molecule has 124 valence electrons. The lowest BCUT2D eigenvalue weighted by molar-refractivity contribution is 0.0550. The highest BCUT2D eigenvalue weighted by Crippen LogP contribution is 2.26. The zero-order chi connectivity index (χ0) is 17.0. The largest absolute Gasteiger partial charge is 0.458 e. The molecule has 0 saturated carbocycles. The molecular formula is C17H24N4O2. The molecule has 0 spiro atoms. The Morgan fingerprint density at radius 3 is 2.96 bits per heavy atom. The monoisotopic (exact) mass is 316 g/mol. The van der Waals surface area contributed by atoms with Crippen LogP contribution in [0.1, 0.15) is 42.7 Å². The van der Waals surface area contributed by atoms with Crippen LogP contribution < -0.4 is 5.73 Å². The predicted molar refractivity (Wildman–Crippen MR) is 91.2 cm³/mol. The fourth-order valence-corrected chi connectivity index (χ4v) is 2.41. The number of rotatable bonds is 7. The van der Waals surface area contributed by atoms with Crippen molar-refractivity contribution in [1.82, 2.24) is 14.8 Å². The maximum atomic E-state index is 12.1. The molecule has 2 N–H and O–H groups in total. The van der Waals surface area contributed by atoms with Gasteiger partial charge in [0.1, 0.15) is 12.2 Å². The van der Waals surface area contributed by atoms with Crippen LogP contribution in [0.25, 0.3) is 11.0 Å². The van der Waals surface area contributed by atoms with Crippen molar-refractivity contribution in [3.8, 4) is 0 Å². The van der Waals surface area contributed by atoms with E-state index in [4.69, 9.17) is 10.5 Å². The smallest absolute Gasteiger partial charge is 0.342 e. The van der Waals surface area contributed by atoms with Gasteiger partial charge in [-0.2, -0.15) is 5.10 Å². The van der Waals surface area contributed by atoms with Crippen molar-refractivity contribution in [3.05, 3.63) is 30.1 Å². The van der Waals surface area contributed by atoms with Gasteiger partial charge in [-0.1, -0.05) is 32.9 Å². The summed E-state index contributed by atoms with van der Waals surface area (Å²) < 4.78 is 6.93. The summed E-state index contributed by atoms with van der Waals surface area (Å²) in [5.74, 6) is 0.141. The number of hydrogen-bond acceptors (Lipinski definition) is 5. The van der Waals surface area contributed by atoms with E-state index in [0.29, 0.717) is 33.9 Å². The van der Waals surface area contributed by atoms with Crippen molar-refractivity contribution < 1.29 is 9.53 Å². The summed E-state index contributed by atoms with van der Waals surface area (Å²) in [4.78, 5) is 16.7. The number of nitrogens with zero attached hydrogens (tertiary/aromatic N) is 3. The number of ether oxygens (including phenoxy) is 1. The summed E-state index contributed by atoms with van der Waals surface area (Å²) >= 11 is 0. The van der Waals surface area contributed by atoms with Crippen molar-refractivity contribution >= 4 is 22.7 Å². The highest BCUT2D eigenvalue weighted by Gasteiger charge is 2.20. The van der Waals surface area contributed by atoms with Gasteiger partial charge in [0.05, 0.1) is 23.0 Å². The lowest BCUT2D eigenvalue weighted by Crippen LogP contribution is -2.13. The summed E-state index contributed by atoms with van der Waals surface area (Å²) in [6, 6.07) is 0. The van der Waals surface area contributed by atoms with Crippen LogP contribution in [0.5, 0.6) is 0 Å². The minimum absolute atomic E-state index is 0.143. The average molecular weight is 316 g/mol. The Morgan fingerprint density at radius 2 is 2.30 bits per heavy atom. The molecule has 6 heteroatoms. The molecule has 0 aliphatic carbocycles. The first-order chi connectivity index (χ1) is 11.0. The first-order valence-corrected chi connectivity index (χ1v) is 7.89. The molecule has 0 bridgehead atoms. The van der Waals surface area contributed by atoms with E-state index in [2.05, 4.69) is 30.5 Å². The molecule has 0 aromatic carbocycles. The minimum atomic E-state index is -0.485. The van der Waals surface area contributed by atoms with Gasteiger partial charge in [0.2, 0.25) is 0 Å². The Labute approximate surface area is 136 Å². The first kappa shape index (κ1) is 17.0. The number of anilines is 1. The molecule has 2 heterocycles. The maximum absolute atomic E-state index is 12.1. The third kappa shape index (κ3) is 3.52. The van der Waals surface area contributed by atoms with Crippen molar-refractivity contribution in [3.63, 3.8) is 0 Å². The van der Waals surface area contributed by atoms with Gasteiger partial charge < -0.3 is 10.5 Å². The van der Waals surface area contributed by atoms with Crippen molar-refractivity contribution in [1.29, 1.82) is 0 Å². The molecule has 6 nitrogen and oxygen atoms in total. The Morgan fingerprint density at radius 1 is 1.57 bits per heavy atom. The van der Waals surface area contributed by atoms with Gasteiger partial charge in [-0.15, -0.1) is 0 Å². The van der Waals surface area contributed by atoms with Crippen LogP contribution in [-0.2, 0) is 11.3 Å². The number of pyridine rings is 1. The molecule has 1 atom stereocenters. The molecule has 2 aromatic heterocycles. The second kappa shape index (κ2) is 7.26. The van der Waals surface area contributed by atoms with Gasteiger partial charge >= 0.3 is 5.97 Å². The Kier molecular flexibility index (Phi) is 5.36. The van der Waals surface area contributed by atoms with Crippen molar-refractivity contribution in [2.24, 2.45) is 5.92 Å². The SMILES string of the molecule is C=CCOC(=O)c1c(C)nc2c(cnn2CCC(C)CC)c1N. The Hall–Kier alpha value is -2.37. The van der Waals surface area contributed by atoms with Crippen LogP contribution in [0.4, 0.5) is 5.69 Å². The molecule has 2 aromatic rings. The first-order valence-electron chi connectivity index (χ1n) is 7.89. The predicted octanol–water partition coefficient (Wildman–Crippen LogP) is 3.10.